The van der Waals surface area contributed by atoms with Gasteiger partial charge < -0.3 is 0 Å². The number of halogens is 4. The van der Waals surface area contributed by atoms with E-state index in [2.05, 4.69) is 26.5 Å². The molecule has 2 nitrogen and oxygen atoms in total. The molecule has 3 heterocycles. The second-order valence-corrected chi connectivity index (χ2v) is 15.1. The molecule has 10 heteroatoms. The summed E-state index contributed by atoms with van der Waals surface area (Å²) in [6, 6.07) is 11.5. The van der Waals surface area contributed by atoms with Crippen molar-refractivity contribution in [2.45, 2.75) is 46.0 Å². The molecule has 0 bridgehead atoms. The predicted octanol–water partition coefficient (Wildman–Crippen LogP) is 10.4. The third kappa shape index (κ3) is 11.9. The van der Waals surface area contributed by atoms with E-state index in [0.29, 0.717) is 10.3 Å². The maximum Gasteiger partial charge on any atom is 0.233 e. The van der Waals surface area contributed by atoms with Gasteiger partial charge in [0.05, 0.1) is 18.8 Å². The van der Waals surface area contributed by atoms with Crippen molar-refractivity contribution in [2.75, 3.05) is 5.75 Å². The lowest BCUT2D eigenvalue weighted by Gasteiger charge is -2.04. The van der Waals surface area contributed by atoms with Crippen molar-refractivity contribution in [1.29, 1.82) is 0 Å². The van der Waals surface area contributed by atoms with Gasteiger partial charge >= 0.3 is 0 Å². The summed E-state index contributed by atoms with van der Waals surface area (Å²) in [6.07, 6.45) is 1.19. The summed E-state index contributed by atoms with van der Waals surface area (Å²) in [6.45, 7) is 12.0. The van der Waals surface area contributed by atoms with Crippen molar-refractivity contribution in [2.24, 2.45) is 0 Å². The highest BCUT2D eigenvalue weighted by Gasteiger charge is 2.15. The van der Waals surface area contributed by atoms with Crippen molar-refractivity contribution in [3.8, 4) is 0 Å². The average Bonchev–Trinajstić information content (AvgIpc) is 3.42. The Morgan fingerprint density at radius 1 is 0.875 bits per heavy atom. The normalized spacial score (nSPS) is 12.8. The fourth-order valence-corrected chi connectivity index (χ4v) is 7.04. The Hall–Kier alpha value is -0.0500. The van der Waals surface area contributed by atoms with Crippen LogP contribution in [0, 0.1) is 0 Å². The Kier molecular flexibility index (Phi) is 13.5. The smallest absolute Gasteiger partial charge is 0.212 e. The van der Waals surface area contributed by atoms with Crippen molar-refractivity contribution >= 4 is 94.1 Å². The number of hydrogen-bond donors (Lipinski definition) is 0. The molecule has 3 aromatic heterocycles. The second-order valence-electron chi connectivity index (χ2n) is 7.08. The van der Waals surface area contributed by atoms with E-state index in [0.717, 1.165) is 19.1 Å². The van der Waals surface area contributed by atoms with Crippen LogP contribution >= 0.6 is 79.5 Å². The number of allylic oxidation sites excluding steroid dienone is 1. The Balaban J connectivity index is 0.000000245. The third-order valence-electron chi connectivity index (χ3n) is 4.21. The number of hydrogen-bond acceptors (Lipinski definition) is 5. The molecule has 0 aliphatic heterocycles. The first-order chi connectivity index (χ1) is 14.8. The van der Waals surface area contributed by atoms with Crippen LogP contribution in [0.4, 0.5) is 0 Å². The average molecular weight is 593 g/mol. The summed E-state index contributed by atoms with van der Waals surface area (Å²) in [5.74, 6) is 0.517. The second kappa shape index (κ2) is 14.4. The van der Waals surface area contributed by atoms with Gasteiger partial charge in [0.25, 0.3) is 0 Å². The standard InChI is InChI=1S/C8H11ClS.C7H8Cl2O2S2.C7H7ClS/c1-3-6(2)7-4-5-8(9)10-7;1-5(4-13(9,10)11)6-2-3-7(8)12-6;1-5(2)6-3-4-7(8)9-6/h4-6H,3H2,1-2H3;2-3,5H,4H2,1H3;3-4H,1H2,2H3. The molecule has 2 unspecified atom stereocenters. The maximum atomic E-state index is 10.8. The monoisotopic (exact) mass is 590 g/mol. The van der Waals surface area contributed by atoms with Crippen LogP contribution in [-0.4, -0.2) is 14.2 Å². The van der Waals surface area contributed by atoms with Gasteiger partial charge in [0, 0.05) is 31.2 Å². The molecule has 0 aromatic carbocycles. The van der Waals surface area contributed by atoms with E-state index < -0.39 is 9.05 Å². The van der Waals surface area contributed by atoms with E-state index in [-0.39, 0.29) is 11.7 Å². The topological polar surface area (TPSA) is 34.1 Å². The van der Waals surface area contributed by atoms with Crippen LogP contribution < -0.4 is 0 Å². The zero-order valence-corrected chi connectivity index (χ0v) is 24.5. The Labute approximate surface area is 223 Å². The van der Waals surface area contributed by atoms with Crippen LogP contribution in [0.1, 0.15) is 60.6 Å². The van der Waals surface area contributed by atoms with Crippen LogP contribution in [0.3, 0.4) is 0 Å². The lowest BCUT2D eigenvalue weighted by atomic mass is 10.1. The van der Waals surface area contributed by atoms with Crippen LogP contribution in [0.2, 0.25) is 13.0 Å². The molecule has 178 valence electrons. The zero-order valence-electron chi connectivity index (χ0n) is 18.2. The largest absolute Gasteiger partial charge is 0.233 e. The third-order valence-corrected chi connectivity index (χ3v) is 9.81. The minimum Gasteiger partial charge on any atom is -0.212 e. The van der Waals surface area contributed by atoms with E-state index in [4.69, 9.17) is 45.5 Å². The van der Waals surface area contributed by atoms with Crippen molar-refractivity contribution in [3.05, 3.63) is 70.6 Å². The van der Waals surface area contributed by atoms with Gasteiger partial charge in [-0.05, 0) is 61.2 Å². The molecule has 0 N–H and O–H groups in total. The molecule has 0 radical (unpaired) electrons. The summed E-state index contributed by atoms with van der Waals surface area (Å²) >= 11 is 21.8. The van der Waals surface area contributed by atoms with E-state index in [1.54, 1.807) is 28.7 Å². The Morgan fingerprint density at radius 3 is 1.59 bits per heavy atom. The molecular weight excluding hydrogens is 566 g/mol. The lowest BCUT2D eigenvalue weighted by molar-refractivity contribution is 0.605. The molecule has 3 rings (SSSR count). The van der Waals surface area contributed by atoms with Crippen LogP contribution in [0.15, 0.2) is 43.0 Å². The maximum absolute atomic E-state index is 10.8. The Bertz CT molecular complexity index is 1080. The molecule has 0 aliphatic rings. The molecule has 0 amide bonds. The molecule has 32 heavy (non-hydrogen) atoms. The summed E-state index contributed by atoms with van der Waals surface area (Å²) in [4.78, 5) is 3.50. The van der Waals surface area contributed by atoms with Crippen molar-refractivity contribution < 1.29 is 8.42 Å². The van der Waals surface area contributed by atoms with E-state index >= 15 is 0 Å². The van der Waals surface area contributed by atoms with Crippen molar-refractivity contribution in [3.63, 3.8) is 0 Å². The highest BCUT2D eigenvalue weighted by molar-refractivity contribution is 8.13. The Morgan fingerprint density at radius 2 is 1.31 bits per heavy atom. The first-order valence-corrected chi connectivity index (χ1v) is 15.7. The van der Waals surface area contributed by atoms with Gasteiger partial charge in [-0.1, -0.05) is 62.2 Å². The summed E-state index contributed by atoms with van der Waals surface area (Å²) in [5.41, 5.74) is 1.08. The molecule has 0 spiro atoms. The zero-order chi connectivity index (χ0) is 24.5. The highest BCUT2D eigenvalue weighted by atomic mass is 35.7. The number of thiophene rings is 3. The molecule has 3 aromatic rings. The molecule has 2 atom stereocenters. The van der Waals surface area contributed by atoms with E-state index in [9.17, 15) is 8.42 Å². The quantitative estimate of drug-likeness (QED) is 0.267. The highest BCUT2D eigenvalue weighted by Crippen LogP contribution is 2.30. The summed E-state index contributed by atoms with van der Waals surface area (Å²) in [7, 11) is 1.70. The predicted molar refractivity (Wildman–Crippen MR) is 149 cm³/mol. The van der Waals surface area contributed by atoms with Gasteiger partial charge in [0.1, 0.15) is 0 Å². The molecule has 0 saturated heterocycles. The first-order valence-electron chi connectivity index (χ1n) is 9.66. The van der Waals surface area contributed by atoms with E-state index in [1.807, 2.05) is 38.1 Å². The van der Waals surface area contributed by atoms with Crippen molar-refractivity contribution in [1.82, 2.24) is 0 Å². The van der Waals surface area contributed by atoms with Gasteiger partial charge in [0.15, 0.2) is 0 Å². The van der Waals surface area contributed by atoms with Crippen LogP contribution in [0.25, 0.3) is 5.57 Å². The molecule has 0 aliphatic carbocycles. The lowest BCUT2D eigenvalue weighted by Crippen LogP contribution is -2.05. The minimum absolute atomic E-state index is 0.0502. The number of rotatable bonds is 6. The van der Waals surface area contributed by atoms with Gasteiger partial charge in [-0.25, -0.2) is 8.42 Å². The van der Waals surface area contributed by atoms with E-state index in [1.165, 1.54) is 27.5 Å². The SMILES string of the molecule is C=C(C)c1ccc(Cl)s1.CC(CS(=O)(=O)Cl)c1ccc(Cl)s1.CCC(C)c1ccc(Cl)s1. The minimum atomic E-state index is -3.43. The van der Waals surface area contributed by atoms with Crippen LogP contribution in [0.5, 0.6) is 0 Å². The molecule has 0 saturated carbocycles. The fourth-order valence-electron chi connectivity index (χ4n) is 2.31. The fraction of sp³-hybridized carbons (Fsp3) is 0.364. The van der Waals surface area contributed by atoms with Gasteiger partial charge in [-0.15, -0.1) is 34.0 Å². The van der Waals surface area contributed by atoms with Gasteiger partial charge in [-0.2, -0.15) is 0 Å². The molecular formula is C22H26Cl4O2S4. The van der Waals surface area contributed by atoms with Crippen LogP contribution in [-0.2, 0) is 9.05 Å². The first kappa shape index (κ1) is 30.0. The molecule has 0 fully saturated rings. The summed E-state index contributed by atoms with van der Waals surface area (Å²) in [5, 5.41) is 0. The summed E-state index contributed by atoms with van der Waals surface area (Å²) < 4.78 is 23.9. The van der Waals surface area contributed by atoms with Gasteiger partial charge in [0.2, 0.25) is 9.05 Å². The van der Waals surface area contributed by atoms with Gasteiger partial charge in [-0.3, -0.25) is 0 Å².